The number of hydrogen-bond acceptors (Lipinski definition) is 4. The number of anilines is 1. The number of aromatic nitrogens is 2. The largest absolute Gasteiger partial charge is 0.489 e. The molecule has 1 heterocycles. The van der Waals surface area contributed by atoms with E-state index in [4.69, 9.17) is 15.6 Å². The molecule has 2 rings (SSSR count). The summed E-state index contributed by atoms with van der Waals surface area (Å²) in [7, 11) is 0. The second-order valence-corrected chi connectivity index (χ2v) is 4.29. The molecule has 6 nitrogen and oxygen atoms in total. The van der Waals surface area contributed by atoms with E-state index in [-0.39, 0.29) is 17.5 Å². The fraction of sp³-hybridized carbons (Fsp3) is 0.231. The van der Waals surface area contributed by atoms with E-state index in [0.717, 1.165) is 0 Å². The number of carboxylic acid groups (broad SMARTS) is 1. The zero-order valence-electron chi connectivity index (χ0n) is 10.7. The predicted octanol–water partition coefficient (Wildman–Crippen LogP) is 1.94. The quantitative estimate of drug-likeness (QED) is 0.877. The van der Waals surface area contributed by atoms with Gasteiger partial charge in [-0.25, -0.2) is 9.48 Å². The number of ether oxygens (including phenoxy) is 1. The molecule has 19 heavy (non-hydrogen) atoms. The van der Waals surface area contributed by atoms with Gasteiger partial charge in [-0.3, -0.25) is 0 Å². The van der Waals surface area contributed by atoms with Gasteiger partial charge in [0, 0.05) is 0 Å². The first-order valence-electron chi connectivity index (χ1n) is 5.83. The number of aromatic carboxylic acids is 1. The van der Waals surface area contributed by atoms with Crippen molar-refractivity contribution in [1.82, 2.24) is 9.78 Å². The van der Waals surface area contributed by atoms with Gasteiger partial charge in [-0.15, -0.1) is 0 Å². The first-order valence-corrected chi connectivity index (χ1v) is 5.83. The van der Waals surface area contributed by atoms with Crippen molar-refractivity contribution in [3.8, 4) is 11.4 Å². The minimum absolute atomic E-state index is 0.00289. The smallest absolute Gasteiger partial charge is 0.341 e. The number of carbonyl (C=O) groups is 1. The summed E-state index contributed by atoms with van der Waals surface area (Å²) in [5, 5.41) is 13.0. The topological polar surface area (TPSA) is 90.4 Å². The summed E-state index contributed by atoms with van der Waals surface area (Å²) in [5.74, 6) is -0.428. The number of nitrogens with two attached hydrogens (primary N) is 1. The van der Waals surface area contributed by atoms with Crippen molar-refractivity contribution >= 4 is 11.8 Å². The summed E-state index contributed by atoms with van der Waals surface area (Å²) in [4.78, 5) is 11.0. The Labute approximate surface area is 110 Å². The Bertz CT molecular complexity index is 605. The molecule has 0 aliphatic heterocycles. The van der Waals surface area contributed by atoms with Crippen molar-refractivity contribution in [3.05, 3.63) is 36.0 Å². The Morgan fingerprint density at radius 1 is 1.42 bits per heavy atom. The van der Waals surface area contributed by atoms with Gasteiger partial charge in [0.1, 0.15) is 22.8 Å². The highest BCUT2D eigenvalue weighted by atomic mass is 16.5. The molecule has 0 atom stereocenters. The molecule has 0 aliphatic carbocycles. The van der Waals surface area contributed by atoms with Crippen molar-refractivity contribution in [2.45, 2.75) is 20.0 Å². The fourth-order valence-electron chi connectivity index (χ4n) is 1.70. The Hall–Kier alpha value is -2.50. The molecule has 0 aliphatic rings. The molecule has 0 fully saturated rings. The molecule has 2 aromatic rings. The molecule has 1 aromatic carbocycles. The van der Waals surface area contributed by atoms with E-state index >= 15 is 0 Å². The second kappa shape index (κ2) is 5.01. The maximum Gasteiger partial charge on any atom is 0.341 e. The van der Waals surface area contributed by atoms with Gasteiger partial charge in [0.25, 0.3) is 0 Å². The van der Waals surface area contributed by atoms with E-state index in [9.17, 15) is 4.79 Å². The third kappa shape index (κ3) is 2.52. The van der Waals surface area contributed by atoms with Crippen LogP contribution in [0.15, 0.2) is 30.5 Å². The van der Waals surface area contributed by atoms with Gasteiger partial charge in [0.05, 0.1) is 12.3 Å². The van der Waals surface area contributed by atoms with Crippen molar-refractivity contribution in [3.63, 3.8) is 0 Å². The molecule has 100 valence electrons. The Morgan fingerprint density at radius 2 is 2.11 bits per heavy atom. The van der Waals surface area contributed by atoms with E-state index in [0.29, 0.717) is 11.4 Å². The molecular formula is C13H15N3O3. The van der Waals surface area contributed by atoms with Gasteiger partial charge in [-0.05, 0) is 26.0 Å². The third-order valence-corrected chi connectivity index (χ3v) is 2.49. The van der Waals surface area contributed by atoms with Gasteiger partial charge in [-0.2, -0.15) is 5.10 Å². The molecule has 0 radical (unpaired) electrons. The first-order chi connectivity index (χ1) is 9.00. The van der Waals surface area contributed by atoms with Crippen LogP contribution in [0.25, 0.3) is 5.69 Å². The van der Waals surface area contributed by atoms with Crippen LogP contribution in [-0.2, 0) is 0 Å². The van der Waals surface area contributed by atoms with Gasteiger partial charge < -0.3 is 15.6 Å². The van der Waals surface area contributed by atoms with Crippen LogP contribution in [0, 0.1) is 0 Å². The van der Waals surface area contributed by atoms with Gasteiger partial charge in [0.2, 0.25) is 0 Å². The minimum Gasteiger partial charge on any atom is -0.489 e. The van der Waals surface area contributed by atoms with Crippen LogP contribution in [0.4, 0.5) is 5.82 Å². The van der Waals surface area contributed by atoms with Crippen LogP contribution in [0.2, 0.25) is 0 Å². The number of nitrogen functional groups attached to an aromatic ring is 1. The molecule has 3 N–H and O–H groups in total. The first kappa shape index (κ1) is 12.9. The number of nitrogens with zero attached hydrogens (tertiary/aromatic N) is 2. The van der Waals surface area contributed by atoms with Crippen molar-refractivity contribution in [2.24, 2.45) is 0 Å². The number of carboxylic acids is 1. The molecule has 6 heteroatoms. The average Bonchev–Trinajstić information content (AvgIpc) is 2.71. The summed E-state index contributed by atoms with van der Waals surface area (Å²) in [6, 6.07) is 7.20. The lowest BCUT2D eigenvalue weighted by Gasteiger charge is -2.14. The molecule has 0 amide bonds. The molecule has 1 aromatic heterocycles. The maximum atomic E-state index is 11.0. The Kier molecular flexibility index (Phi) is 3.41. The SMILES string of the molecule is CC(C)Oc1ccccc1-n1ncc(C(=O)O)c1N. The van der Waals surface area contributed by atoms with E-state index in [2.05, 4.69) is 5.10 Å². The lowest BCUT2D eigenvalue weighted by molar-refractivity contribution is 0.0698. The highest BCUT2D eigenvalue weighted by Gasteiger charge is 2.17. The predicted molar refractivity (Wildman–Crippen MR) is 70.7 cm³/mol. The van der Waals surface area contributed by atoms with Crippen LogP contribution in [0.3, 0.4) is 0 Å². The zero-order chi connectivity index (χ0) is 14.0. The fourth-order valence-corrected chi connectivity index (χ4v) is 1.70. The summed E-state index contributed by atoms with van der Waals surface area (Å²) >= 11 is 0. The average molecular weight is 261 g/mol. The van der Waals surface area contributed by atoms with Crippen molar-refractivity contribution in [2.75, 3.05) is 5.73 Å². The Morgan fingerprint density at radius 3 is 2.68 bits per heavy atom. The lowest BCUT2D eigenvalue weighted by Crippen LogP contribution is -2.11. The number of rotatable bonds is 4. The van der Waals surface area contributed by atoms with Gasteiger partial charge in [0.15, 0.2) is 0 Å². The summed E-state index contributed by atoms with van der Waals surface area (Å²) < 4.78 is 7.02. The molecule has 0 saturated carbocycles. The minimum atomic E-state index is -1.11. The standard InChI is InChI=1S/C13H15N3O3/c1-8(2)19-11-6-4-3-5-10(11)16-12(14)9(7-15-16)13(17)18/h3-8H,14H2,1-2H3,(H,17,18). The third-order valence-electron chi connectivity index (χ3n) is 2.49. The zero-order valence-corrected chi connectivity index (χ0v) is 10.7. The summed E-state index contributed by atoms with van der Waals surface area (Å²) in [6.45, 7) is 3.82. The molecule has 0 bridgehead atoms. The van der Waals surface area contributed by atoms with Gasteiger partial charge >= 0.3 is 5.97 Å². The Balaban J connectivity index is 2.50. The number of hydrogen-bond donors (Lipinski definition) is 2. The maximum absolute atomic E-state index is 11.0. The van der Waals surface area contributed by atoms with E-state index < -0.39 is 5.97 Å². The summed E-state index contributed by atoms with van der Waals surface area (Å²) in [6.07, 6.45) is 1.22. The monoisotopic (exact) mass is 261 g/mol. The van der Waals surface area contributed by atoms with Crippen LogP contribution >= 0.6 is 0 Å². The van der Waals surface area contributed by atoms with E-state index in [1.54, 1.807) is 12.1 Å². The van der Waals surface area contributed by atoms with Crippen LogP contribution < -0.4 is 10.5 Å². The second-order valence-electron chi connectivity index (χ2n) is 4.29. The van der Waals surface area contributed by atoms with E-state index in [1.807, 2.05) is 26.0 Å². The molecule has 0 unspecified atom stereocenters. The number of benzene rings is 1. The van der Waals surface area contributed by atoms with Crippen LogP contribution in [0.5, 0.6) is 5.75 Å². The summed E-state index contributed by atoms with van der Waals surface area (Å²) in [5.41, 5.74) is 6.38. The highest BCUT2D eigenvalue weighted by Crippen LogP contribution is 2.26. The van der Waals surface area contributed by atoms with Gasteiger partial charge in [-0.1, -0.05) is 12.1 Å². The molecule has 0 saturated heterocycles. The van der Waals surface area contributed by atoms with Crippen LogP contribution in [-0.4, -0.2) is 27.0 Å². The van der Waals surface area contributed by atoms with Crippen molar-refractivity contribution in [1.29, 1.82) is 0 Å². The normalized spacial score (nSPS) is 10.7. The van der Waals surface area contributed by atoms with Crippen LogP contribution in [0.1, 0.15) is 24.2 Å². The van der Waals surface area contributed by atoms with E-state index in [1.165, 1.54) is 10.9 Å². The molecular weight excluding hydrogens is 246 g/mol. The molecule has 0 spiro atoms. The lowest BCUT2D eigenvalue weighted by atomic mass is 10.2. The number of para-hydroxylation sites is 2. The highest BCUT2D eigenvalue weighted by molar-refractivity contribution is 5.92. The van der Waals surface area contributed by atoms with Crippen molar-refractivity contribution < 1.29 is 14.6 Å².